The molecule has 0 unspecified atom stereocenters. The number of hydrogen-bond acceptors (Lipinski definition) is 4. The molecule has 0 fully saturated rings. The Morgan fingerprint density at radius 2 is 2.25 bits per heavy atom. The van der Waals surface area contributed by atoms with Crippen LogP contribution in [-0.4, -0.2) is 14.7 Å². The zero-order chi connectivity index (χ0) is 11.5. The molecule has 0 aliphatic rings. The van der Waals surface area contributed by atoms with Crippen LogP contribution < -0.4 is 0 Å². The molecule has 0 amide bonds. The lowest BCUT2D eigenvalue weighted by molar-refractivity contribution is -0.384. The van der Waals surface area contributed by atoms with E-state index < -0.39 is 4.92 Å². The highest BCUT2D eigenvalue weighted by molar-refractivity contribution is 5.42. The van der Waals surface area contributed by atoms with Gasteiger partial charge in [0.15, 0.2) is 5.69 Å². The number of rotatable bonds is 2. The van der Waals surface area contributed by atoms with Crippen molar-refractivity contribution in [1.29, 1.82) is 5.26 Å². The summed E-state index contributed by atoms with van der Waals surface area (Å²) in [6.07, 6.45) is 1.58. The largest absolute Gasteiger partial charge is 0.271 e. The molecule has 16 heavy (non-hydrogen) atoms. The van der Waals surface area contributed by atoms with Crippen molar-refractivity contribution < 1.29 is 4.92 Å². The van der Waals surface area contributed by atoms with Crippen molar-refractivity contribution in [2.24, 2.45) is 0 Å². The first-order chi connectivity index (χ1) is 7.70. The maximum absolute atomic E-state index is 10.6. The fourth-order valence-electron chi connectivity index (χ4n) is 1.28. The third kappa shape index (κ3) is 1.74. The first-order valence-electron chi connectivity index (χ1n) is 4.41. The highest BCUT2D eigenvalue weighted by Gasteiger charge is 2.07. The molecule has 0 aliphatic carbocycles. The summed E-state index contributed by atoms with van der Waals surface area (Å²) in [5.41, 5.74) is 0.814. The normalized spacial score (nSPS) is 9.69. The molecule has 6 heteroatoms. The van der Waals surface area contributed by atoms with Gasteiger partial charge in [0, 0.05) is 18.3 Å². The lowest BCUT2D eigenvalue weighted by Gasteiger charge is -1.99. The van der Waals surface area contributed by atoms with Gasteiger partial charge in [-0.15, -0.1) is 0 Å². The smallest absolute Gasteiger partial charge is 0.258 e. The Kier molecular flexibility index (Phi) is 2.36. The van der Waals surface area contributed by atoms with Crippen LogP contribution in [0.3, 0.4) is 0 Å². The number of nitrogens with zero attached hydrogens (tertiary/aromatic N) is 4. The fraction of sp³-hybridized carbons (Fsp3) is 0. The summed E-state index contributed by atoms with van der Waals surface area (Å²) in [6, 6.07) is 9.48. The second-order valence-electron chi connectivity index (χ2n) is 3.03. The molecule has 0 spiro atoms. The quantitative estimate of drug-likeness (QED) is 0.562. The van der Waals surface area contributed by atoms with Gasteiger partial charge < -0.3 is 0 Å². The van der Waals surface area contributed by atoms with Crippen LogP contribution >= 0.6 is 0 Å². The summed E-state index contributed by atoms with van der Waals surface area (Å²) in [5.74, 6) is 0. The van der Waals surface area contributed by atoms with Gasteiger partial charge in [-0.05, 0) is 12.1 Å². The van der Waals surface area contributed by atoms with Crippen LogP contribution in [-0.2, 0) is 0 Å². The molecule has 1 aromatic heterocycles. The molecular formula is C10H6N4O2. The van der Waals surface area contributed by atoms with E-state index >= 15 is 0 Å². The zero-order valence-corrected chi connectivity index (χ0v) is 8.07. The predicted molar refractivity (Wildman–Crippen MR) is 54.9 cm³/mol. The number of non-ortho nitro benzene ring substituents is 1. The lowest BCUT2D eigenvalue weighted by Crippen LogP contribution is -1.96. The Morgan fingerprint density at radius 1 is 1.44 bits per heavy atom. The Hall–Kier alpha value is -2.68. The summed E-state index contributed by atoms with van der Waals surface area (Å²) >= 11 is 0. The molecule has 0 radical (unpaired) electrons. The van der Waals surface area contributed by atoms with Crippen molar-refractivity contribution in [3.8, 4) is 11.8 Å². The first kappa shape index (κ1) is 9.86. The minimum atomic E-state index is -0.474. The van der Waals surface area contributed by atoms with Crippen LogP contribution in [0.15, 0.2) is 36.5 Å². The third-order valence-corrected chi connectivity index (χ3v) is 2.01. The molecule has 0 atom stereocenters. The number of nitro benzene ring substituents is 1. The van der Waals surface area contributed by atoms with E-state index in [0.717, 1.165) is 0 Å². The summed E-state index contributed by atoms with van der Waals surface area (Å²) < 4.78 is 1.42. The molecule has 0 saturated heterocycles. The maximum atomic E-state index is 10.6. The van der Waals surface area contributed by atoms with Crippen molar-refractivity contribution in [3.05, 3.63) is 52.3 Å². The van der Waals surface area contributed by atoms with E-state index in [1.165, 1.54) is 16.8 Å². The standard InChI is InChI=1S/C10H6N4O2/c11-7-8-4-5-13(12-8)9-2-1-3-10(6-9)14(15)16/h1-6H. The summed E-state index contributed by atoms with van der Waals surface area (Å²) in [5, 5.41) is 23.1. The van der Waals surface area contributed by atoms with Gasteiger partial charge in [0.1, 0.15) is 6.07 Å². The molecule has 0 saturated carbocycles. The molecule has 0 bridgehead atoms. The van der Waals surface area contributed by atoms with Crippen molar-refractivity contribution in [2.45, 2.75) is 0 Å². The van der Waals surface area contributed by atoms with Crippen LogP contribution in [0, 0.1) is 21.4 Å². The predicted octanol–water partition coefficient (Wildman–Crippen LogP) is 1.65. The second-order valence-corrected chi connectivity index (χ2v) is 3.03. The highest BCUT2D eigenvalue weighted by atomic mass is 16.6. The van der Waals surface area contributed by atoms with Gasteiger partial charge in [0.25, 0.3) is 5.69 Å². The molecule has 2 rings (SSSR count). The maximum Gasteiger partial charge on any atom is 0.271 e. The average Bonchev–Trinajstić information content (AvgIpc) is 2.77. The van der Waals surface area contributed by atoms with E-state index in [-0.39, 0.29) is 11.4 Å². The summed E-state index contributed by atoms with van der Waals surface area (Å²) in [4.78, 5) is 10.1. The van der Waals surface area contributed by atoms with Crippen LogP contribution in [0.25, 0.3) is 5.69 Å². The van der Waals surface area contributed by atoms with E-state index in [0.29, 0.717) is 5.69 Å². The van der Waals surface area contributed by atoms with Gasteiger partial charge >= 0.3 is 0 Å². The van der Waals surface area contributed by atoms with Gasteiger partial charge in [-0.3, -0.25) is 10.1 Å². The molecule has 1 heterocycles. The Labute approximate surface area is 90.5 Å². The third-order valence-electron chi connectivity index (χ3n) is 2.01. The lowest BCUT2D eigenvalue weighted by atomic mass is 10.3. The van der Waals surface area contributed by atoms with E-state index in [2.05, 4.69) is 5.10 Å². The second kappa shape index (κ2) is 3.82. The highest BCUT2D eigenvalue weighted by Crippen LogP contribution is 2.16. The van der Waals surface area contributed by atoms with E-state index in [9.17, 15) is 10.1 Å². The Balaban J connectivity index is 2.44. The number of aromatic nitrogens is 2. The van der Waals surface area contributed by atoms with Crippen LogP contribution in [0.2, 0.25) is 0 Å². The monoisotopic (exact) mass is 214 g/mol. The van der Waals surface area contributed by atoms with Gasteiger partial charge in [-0.1, -0.05) is 6.07 Å². The fourth-order valence-corrected chi connectivity index (χ4v) is 1.28. The van der Waals surface area contributed by atoms with E-state index in [4.69, 9.17) is 5.26 Å². The molecule has 0 aliphatic heterocycles. The molecule has 78 valence electrons. The van der Waals surface area contributed by atoms with Crippen molar-refractivity contribution >= 4 is 5.69 Å². The van der Waals surface area contributed by atoms with Gasteiger partial charge in [0.05, 0.1) is 10.6 Å². The molecule has 1 aromatic carbocycles. The molecule has 2 aromatic rings. The van der Waals surface area contributed by atoms with Crippen LogP contribution in [0.5, 0.6) is 0 Å². The van der Waals surface area contributed by atoms with Crippen molar-refractivity contribution in [2.75, 3.05) is 0 Å². The SMILES string of the molecule is N#Cc1ccn(-c2cccc([N+](=O)[O-])c2)n1. The first-order valence-corrected chi connectivity index (χ1v) is 4.41. The number of benzene rings is 1. The molecule has 0 N–H and O–H groups in total. The van der Waals surface area contributed by atoms with Gasteiger partial charge in [0.2, 0.25) is 0 Å². The Morgan fingerprint density at radius 3 is 2.88 bits per heavy atom. The van der Waals surface area contributed by atoms with Crippen LogP contribution in [0.4, 0.5) is 5.69 Å². The van der Waals surface area contributed by atoms with Gasteiger partial charge in [-0.25, -0.2) is 4.68 Å². The number of nitro groups is 1. The number of nitriles is 1. The molecular weight excluding hydrogens is 208 g/mol. The van der Waals surface area contributed by atoms with Crippen molar-refractivity contribution in [3.63, 3.8) is 0 Å². The molecule has 6 nitrogen and oxygen atoms in total. The average molecular weight is 214 g/mol. The summed E-state index contributed by atoms with van der Waals surface area (Å²) in [7, 11) is 0. The Bertz CT molecular complexity index is 583. The van der Waals surface area contributed by atoms with Crippen molar-refractivity contribution in [1.82, 2.24) is 9.78 Å². The minimum Gasteiger partial charge on any atom is -0.258 e. The van der Waals surface area contributed by atoms with E-state index in [1.807, 2.05) is 6.07 Å². The topological polar surface area (TPSA) is 84.8 Å². The minimum absolute atomic E-state index is 0.00786. The number of hydrogen-bond donors (Lipinski definition) is 0. The zero-order valence-electron chi connectivity index (χ0n) is 8.07. The van der Waals surface area contributed by atoms with E-state index in [1.54, 1.807) is 24.4 Å². The van der Waals surface area contributed by atoms with Crippen LogP contribution in [0.1, 0.15) is 5.69 Å². The van der Waals surface area contributed by atoms with Gasteiger partial charge in [-0.2, -0.15) is 10.4 Å². The summed E-state index contributed by atoms with van der Waals surface area (Å²) in [6.45, 7) is 0.